The molecule has 1 unspecified atom stereocenters. The molecule has 8 rings (SSSR count). The number of unbranched alkanes of at least 4 members (excludes halogenated alkanes) is 1. The van der Waals surface area contributed by atoms with Gasteiger partial charge in [0.2, 0.25) is 17.7 Å². The second-order valence-corrected chi connectivity index (χ2v) is 17.1. The second-order valence-electron chi connectivity index (χ2n) is 17.1. The summed E-state index contributed by atoms with van der Waals surface area (Å²) < 4.78 is 0. The summed E-state index contributed by atoms with van der Waals surface area (Å²) in [6, 6.07) is 22.9. The van der Waals surface area contributed by atoms with E-state index in [4.69, 9.17) is 0 Å². The number of benzene rings is 3. The molecule has 3 N–H and O–H groups in total. The summed E-state index contributed by atoms with van der Waals surface area (Å²) in [5, 5.41) is 8.46. The highest BCUT2D eigenvalue weighted by atomic mass is 16.2. The molecule has 0 saturated carbocycles. The quantitative estimate of drug-likeness (QED) is 0.0845. The molecular weight excluding hydrogens is 825 g/mol. The summed E-state index contributed by atoms with van der Waals surface area (Å²) in [7, 11) is 0. The first-order chi connectivity index (χ1) is 31.6. The number of piperazine rings is 1. The number of aromatic nitrogens is 1. The fourth-order valence-corrected chi connectivity index (χ4v) is 9.01. The van der Waals surface area contributed by atoms with Gasteiger partial charge in [0, 0.05) is 101 Å². The van der Waals surface area contributed by atoms with Crippen LogP contribution in [0.5, 0.6) is 0 Å². The highest BCUT2D eigenvalue weighted by Crippen LogP contribution is 2.33. The maximum atomic E-state index is 13.5. The average molecular weight is 879 g/mol. The first-order valence-electron chi connectivity index (χ1n) is 22.5. The number of imide groups is 2. The lowest BCUT2D eigenvalue weighted by molar-refractivity contribution is -0.136. The molecule has 7 amide bonds. The standard InChI is InChI=1S/C50H54N8O7/c59-43(19-13-35-6-4-23-51-31-35)52-24-2-1-5-34-21-25-56(26-22-34)47(62)38-14-16-39(17-15-38)48(63)57-29-27-55(28-30-57)33-37-11-9-36(10-12-37)32-53-41-8-3-7-40-45(41)50(65)58(49(40)64)42-18-20-44(60)54-46(42)61/h3-4,6-17,19,23,31,34,42,53H,1-2,5,18,20-22,24-30,32-33H2,(H,52,59)(H,54,60,61)/b19-13+. The Kier molecular flexibility index (Phi) is 14.2. The number of pyridine rings is 1. The van der Waals surface area contributed by atoms with Crippen LogP contribution in [-0.4, -0.2) is 118 Å². The topological polar surface area (TPSA) is 181 Å². The molecular formula is C50H54N8O7. The van der Waals surface area contributed by atoms with E-state index in [2.05, 4.69) is 38.0 Å². The van der Waals surface area contributed by atoms with Gasteiger partial charge in [0.1, 0.15) is 6.04 Å². The number of nitrogens with zero attached hydrogens (tertiary/aromatic N) is 5. The number of likely N-dealkylation sites (tertiary alicyclic amines) is 1. The molecule has 1 atom stereocenters. The Balaban J connectivity index is 0.726. The van der Waals surface area contributed by atoms with E-state index in [0.717, 1.165) is 73.3 Å². The van der Waals surface area contributed by atoms with Crippen molar-refractivity contribution in [2.24, 2.45) is 5.92 Å². The fourth-order valence-electron chi connectivity index (χ4n) is 9.01. The van der Waals surface area contributed by atoms with Gasteiger partial charge < -0.3 is 20.4 Å². The van der Waals surface area contributed by atoms with Crippen molar-refractivity contribution in [1.29, 1.82) is 0 Å². The Morgan fingerprint density at radius 1 is 0.738 bits per heavy atom. The molecule has 15 nitrogen and oxygen atoms in total. The number of nitrogens with one attached hydrogen (secondary N) is 3. The number of carbonyl (C=O) groups excluding carboxylic acids is 7. The minimum absolute atomic E-state index is 0.00367. The Morgan fingerprint density at radius 3 is 2.11 bits per heavy atom. The minimum atomic E-state index is -1.02. The van der Waals surface area contributed by atoms with Crippen molar-refractivity contribution in [3.63, 3.8) is 0 Å². The first-order valence-corrected chi connectivity index (χ1v) is 22.5. The van der Waals surface area contributed by atoms with Crippen molar-refractivity contribution in [2.75, 3.05) is 51.1 Å². The van der Waals surface area contributed by atoms with Crippen LogP contribution in [0.2, 0.25) is 0 Å². The van der Waals surface area contributed by atoms with E-state index >= 15 is 0 Å². The highest BCUT2D eigenvalue weighted by Gasteiger charge is 2.45. The maximum Gasteiger partial charge on any atom is 0.264 e. The van der Waals surface area contributed by atoms with Gasteiger partial charge in [-0.3, -0.25) is 53.7 Å². The number of fused-ring (bicyclic) bond motifs is 1. The van der Waals surface area contributed by atoms with E-state index in [1.54, 1.807) is 60.9 Å². The summed E-state index contributed by atoms with van der Waals surface area (Å²) in [5.41, 5.74) is 5.10. The molecule has 3 saturated heterocycles. The largest absolute Gasteiger partial charge is 0.380 e. The van der Waals surface area contributed by atoms with Crippen LogP contribution < -0.4 is 16.0 Å². The maximum absolute atomic E-state index is 13.5. The van der Waals surface area contributed by atoms with Crippen molar-refractivity contribution < 1.29 is 33.6 Å². The molecule has 0 aliphatic carbocycles. The number of hydrogen-bond donors (Lipinski definition) is 3. The molecule has 3 fully saturated rings. The third kappa shape index (κ3) is 10.9. The van der Waals surface area contributed by atoms with Gasteiger partial charge in [-0.2, -0.15) is 0 Å². The van der Waals surface area contributed by atoms with Gasteiger partial charge in [-0.25, -0.2) is 0 Å². The summed E-state index contributed by atoms with van der Waals surface area (Å²) in [6.45, 7) is 5.85. The van der Waals surface area contributed by atoms with E-state index in [1.165, 1.54) is 6.08 Å². The van der Waals surface area contributed by atoms with Gasteiger partial charge in [-0.05, 0) is 96.8 Å². The zero-order valence-corrected chi connectivity index (χ0v) is 36.4. The van der Waals surface area contributed by atoms with E-state index < -0.39 is 29.7 Å². The number of carbonyl (C=O) groups is 7. The van der Waals surface area contributed by atoms with Gasteiger partial charge in [-0.1, -0.05) is 49.2 Å². The van der Waals surface area contributed by atoms with Crippen LogP contribution in [0.3, 0.4) is 0 Å². The molecule has 65 heavy (non-hydrogen) atoms. The lowest BCUT2D eigenvalue weighted by Crippen LogP contribution is -2.54. The summed E-state index contributed by atoms with van der Waals surface area (Å²) in [4.78, 5) is 101. The number of piperidine rings is 2. The molecule has 336 valence electrons. The predicted molar refractivity (Wildman–Crippen MR) is 243 cm³/mol. The summed E-state index contributed by atoms with van der Waals surface area (Å²) >= 11 is 0. The SMILES string of the molecule is O=C(/C=C/c1cccnc1)NCCCCC1CCN(C(=O)c2ccc(C(=O)N3CCN(Cc4ccc(CNc5cccc6c5C(=O)N(C5CCC(=O)NC5=O)C6=O)cc4)CC3)cc2)CC1. The van der Waals surface area contributed by atoms with Crippen molar-refractivity contribution >= 4 is 53.1 Å². The molecule has 1 aromatic heterocycles. The van der Waals surface area contributed by atoms with Crippen LogP contribution in [0.15, 0.2) is 97.3 Å². The van der Waals surface area contributed by atoms with Crippen LogP contribution in [0.25, 0.3) is 6.08 Å². The lowest BCUT2D eigenvalue weighted by Gasteiger charge is -2.35. The van der Waals surface area contributed by atoms with Gasteiger partial charge in [0.25, 0.3) is 23.6 Å². The monoisotopic (exact) mass is 878 g/mol. The Bertz CT molecular complexity index is 2440. The lowest BCUT2D eigenvalue weighted by atomic mass is 9.91. The van der Waals surface area contributed by atoms with Gasteiger partial charge in [0.05, 0.1) is 11.1 Å². The molecule has 0 radical (unpaired) electrons. The summed E-state index contributed by atoms with van der Waals surface area (Å²) in [6.07, 6.45) is 11.8. The van der Waals surface area contributed by atoms with Crippen molar-refractivity contribution in [3.05, 3.63) is 136 Å². The van der Waals surface area contributed by atoms with Crippen molar-refractivity contribution in [3.8, 4) is 0 Å². The third-order valence-corrected chi connectivity index (χ3v) is 12.8. The number of anilines is 1. The van der Waals surface area contributed by atoms with E-state index in [1.807, 2.05) is 34.1 Å². The molecule has 0 bridgehead atoms. The molecule has 5 heterocycles. The molecule has 3 aromatic carbocycles. The average Bonchev–Trinajstić information content (AvgIpc) is 3.59. The normalized spacial score (nSPS) is 18.2. The number of rotatable bonds is 15. The molecule has 15 heteroatoms. The minimum Gasteiger partial charge on any atom is -0.380 e. The Labute approximate surface area is 378 Å². The fraction of sp³-hybridized carbons (Fsp3) is 0.360. The third-order valence-electron chi connectivity index (χ3n) is 12.8. The van der Waals surface area contributed by atoms with Crippen LogP contribution in [0.4, 0.5) is 5.69 Å². The molecule has 4 aromatic rings. The van der Waals surface area contributed by atoms with Crippen LogP contribution in [0.1, 0.15) is 103 Å². The van der Waals surface area contributed by atoms with Crippen LogP contribution >= 0.6 is 0 Å². The smallest absolute Gasteiger partial charge is 0.264 e. The van der Waals surface area contributed by atoms with Crippen LogP contribution in [0, 0.1) is 5.92 Å². The molecule has 4 aliphatic heterocycles. The highest BCUT2D eigenvalue weighted by molar-refractivity contribution is 6.25. The van der Waals surface area contributed by atoms with Crippen molar-refractivity contribution in [1.82, 2.24) is 35.2 Å². The van der Waals surface area contributed by atoms with Gasteiger partial charge in [0.15, 0.2) is 0 Å². The zero-order chi connectivity index (χ0) is 45.3. The number of amides is 7. The van der Waals surface area contributed by atoms with E-state index in [0.29, 0.717) is 62.0 Å². The van der Waals surface area contributed by atoms with Gasteiger partial charge in [-0.15, -0.1) is 0 Å². The second kappa shape index (κ2) is 20.7. The number of hydrogen-bond acceptors (Lipinski definition) is 10. The predicted octanol–water partition coefficient (Wildman–Crippen LogP) is 4.91. The van der Waals surface area contributed by atoms with E-state index in [9.17, 15) is 33.6 Å². The van der Waals surface area contributed by atoms with Gasteiger partial charge >= 0.3 is 0 Å². The first kappa shape index (κ1) is 44.6. The molecule has 0 spiro atoms. The van der Waals surface area contributed by atoms with E-state index in [-0.39, 0.29) is 41.7 Å². The Morgan fingerprint density at radius 2 is 1.43 bits per heavy atom. The van der Waals surface area contributed by atoms with Crippen molar-refractivity contribution in [2.45, 2.75) is 64.1 Å². The summed E-state index contributed by atoms with van der Waals surface area (Å²) in [5.74, 6) is -1.74. The Hall–Kier alpha value is -7.00. The zero-order valence-electron chi connectivity index (χ0n) is 36.4. The molecule has 4 aliphatic rings. The van der Waals surface area contributed by atoms with Crippen LogP contribution in [-0.2, 0) is 27.5 Å².